The Kier molecular flexibility index (Phi) is 10.5. The standard InChI is InChI=1S/C19H29ClN2.2CH2O2/c1-13-5-6-14(19(20)7-13)12-22(4)18-10-15-8-17(21(2)3)9-16(15)11-18;2*2-1-3/h5-7,15-18H,8-12H2,1-4H3;2*1H,(H,2,3)/t15-,16+,17?,18?;;. The minimum absolute atomic E-state index is 0.250. The Labute approximate surface area is 173 Å². The maximum Gasteiger partial charge on any atom is 0.290 e. The quantitative estimate of drug-likeness (QED) is 0.735. The molecule has 2 unspecified atom stereocenters. The van der Waals surface area contributed by atoms with Gasteiger partial charge < -0.3 is 15.1 Å². The molecule has 0 aliphatic heterocycles. The first-order chi connectivity index (χ1) is 13.3. The molecule has 6 nitrogen and oxygen atoms in total. The van der Waals surface area contributed by atoms with Crippen molar-refractivity contribution in [1.29, 1.82) is 0 Å². The lowest BCUT2D eigenvalue weighted by Crippen LogP contribution is -2.31. The molecule has 2 aliphatic carbocycles. The first-order valence-corrected chi connectivity index (χ1v) is 9.92. The Morgan fingerprint density at radius 1 is 1.00 bits per heavy atom. The van der Waals surface area contributed by atoms with Crippen LogP contribution in [-0.2, 0) is 16.1 Å². The Balaban J connectivity index is 0.000000582. The molecule has 7 heteroatoms. The number of nitrogens with zero attached hydrogens (tertiary/aromatic N) is 2. The summed E-state index contributed by atoms with van der Waals surface area (Å²) < 4.78 is 0. The van der Waals surface area contributed by atoms with Crippen LogP contribution in [0.4, 0.5) is 0 Å². The number of carbonyl (C=O) groups is 2. The van der Waals surface area contributed by atoms with Crippen LogP contribution in [0, 0.1) is 18.8 Å². The van der Waals surface area contributed by atoms with E-state index in [0.29, 0.717) is 0 Å². The van der Waals surface area contributed by atoms with Gasteiger partial charge in [-0.1, -0.05) is 23.7 Å². The van der Waals surface area contributed by atoms with E-state index in [2.05, 4.69) is 56.1 Å². The molecule has 4 atom stereocenters. The zero-order chi connectivity index (χ0) is 21.3. The molecule has 1 aromatic rings. The van der Waals surface area contributed by atoms with Gasteiger partial charge in [0.1, 0.15) is 0 Å². The van der Waals surface area contributed by atoms with Crippen LogP contribution in [-0.4, -0.2) is 66.2 Å². The predicted molar refractivity (Wildman–Crippen MR) is 112 cm³/mol. The number of rotatable bonds is 4. The van der Waals surface area contributed by atoms with Crippen LogP contribution < -0.4 is 0 Å². The topological polar surface area (TPSA) is 81.1 Å². The van der Waals surface area contributed by atoms with Crippen molar-refractivity contribution in [3.05, 3.63) is 34.3 Å². The molecule has 0 saturated heterocycles. The van der Waals surface area contributed by atoms with E-state index in [1.165, 1.54) is 36.8 Å². The third-order valence-corrected chi connectivity index (χ3v) is 6.30. The summed E-state index contributed by atoms with van der Waals surface area (Å²) in [6, 6.07) is 7.98. The average Bonchev–Trinajstić information content (AvgIpc) is 3.18. The molecule has 0 aromatic heterocycles. The molecule has 28 heavy (non-hydrogen) atoms. The zero-order valence-corrected chi connectivity index (χ0v) is 18.0. The summed E-state index contributed by atoms with van der Waals surface area (Å²) in [5, 5.41) is 14.7. The van der Waals surface area contributed by atoms with Crippen LogP contribution in [0.3, 0.4) is 0 Å². The van der Waals surface area contributed by atoms with Crippen molar-refractivity contribution in [2.45, 2.75) is 51.2 Å². The largest absolute Gasteiger partial charge is 0.483 e. The maximum atomic E-state index is 8.36. The van der Waals surface area contributed by atoms with Crippen LogP contribution in [0.5, 0.6) is 0 Å². The van der Waals surface area contributed by atoms with Gasteiger partial charge in [-0.05, 0) is 82.8 Å². The maximum absolute atomic E-state index is 8.36. The molecular weight excluding hydrogens is 380 g/mol. The van der Waals surface area contributed by atoms with Crippen LogP contribution in [0.1, 0.15) is 36.8 Å². The lowest BCUT2D eigenvalue weighted by atomic mass is 10.0. The summed E-state index contributed by atoms with van der Waals surface area (Å²) >= 11 is 6.40. The highest BCUT2D eigenvalue weighted by Gasteiger charge is 2.43. The highest BCUT2D eigenvalue weighted by Crippen LogP contribution is 2.46. The van der Waals surface area contributed by atoms with Gasteiger partial charge in [-0.15, -0.1) is 0 Å². The van der Waals surface area contributed by atoms with Gasteiger partial charge >= 0.3 is 0 Å². The summed E-state index contributed by atoms with van der Waals surface area (Å²) in [7, 11) is 6.73. The first kappa shape index (κ1) is 24.4. The summed E-state index contributed by atoms with van der Waals surface area (Å²) in [6.45, 7) is 2.57. The van der Waals surface area contributed by atoms with Crippen molar-refractivity contribution in [3.63, 3.8) is 0 Å². The molecule has 0 heterocycles. The lowest BCUT2D eigenvalue weighted by Gasteiger charge is -2.27. The molecule has 1 aromatic carbocycles. The molecule has 0 bridgehead atoms. The number of fused-ring (bicyclic) bond motifs is 1. The van der Waals surface area contributed by atoms with Crippen LogP contribution >= 0.6 is 11.6 Å². The fraction of sp³-hybridized carbons (Fsp3) is 0.619. The van der Waals surface area contributed by atoms with Gasteiger partial charge in [-0.2, -0.15) is 0 Å². The van der Waals surface area contributed by atoms with Gasteiger partial charge in [0.25, 0.3) is 12.9 Å². The number of benzene rings is 1. The molecule has 158 valence electrons. The molecule has 0 spiro atoms. The van der Waals surface area contributed by atoms with E-state index in [1.54, 1.807) is 0 Å². The normalized spacial score (nSPS) is 25.4. The molecule has 3 rings (SSSR count). The number of carboxylic acid groups (broad SMARTS) is 2. The van der Waals surface area contributed by atoms with Crippen LogP contribution in [0.2, 0.25) is 5.02 Å². The van der Waals surface area contributed by atoms with Crippen molar-refractivity contribution in [2.75, 3.05) is 21.1 Å². The fourth-order valence-corrected chi connectivity index (χ4v) is 4.81. The number of halogens is 1. The van der Waals surface area contributed by atoms with E-state index in [4.69, 9.17) is 31.4 Å². The van der Waals surface area contributed by atoms with Crippen molar-refractivity contribution < 1.29 is 19.8 Å². The van der Waals surface area contributed by atoms with Crippen molar-refractivity contribution >= 4 is 24.5 Å². The lowest BCUT2D eigenvalue weighted by molar-refractivity contribution is -0.123. The van der Waals surface area contributed by atoms with Gasteiger partial charge in [-0.3, -0.25) is 14.5 Å². The Bertz CT molecular complexity index is 606. The highest BCUT2D eigenvalue weighted by molar-refractivity contribution is 6.31. The highest BCUT2D eigenvalue weighted by atomic mass is 35.5. The summed E-state index contributed by atoms with van der Waals surface area (Å²) in [4.78, 5) is 21.7. The van der Waals surface area contributed by atoms with E-state index >= 15 is 0 Å². The smallest absolute Gasteiger partial charge is 0.290 e. The monoisotopic (exact) mass is 412 g/mol. The third kappa shape index (κ3) is 7.08. The average molecular weight is 413 g/mol. The Hall–Kier alpha value is -1.63. The second-order valence-corrected chi connectivity index (χ2v) is 8.36. The molecule has 2 saturated carbocycles. The van der Waals surface area contributed by atoms with Crippen molar-refractivity contribution in [1.82, 2.24) is 9.80 Å². The van der Waals surface area contributed by atoms with Crippen molar-refractivity contribution in [3.8, 4) is 0 Å². The molecule has 0 radical (unpaired) electrons. The summed E-state index contributed by atoms with van der Waals surface area (Å²) in [5.41, 5.74) is 2.50. The van der Waals surface area contributed by atoms with E-state index in [-0.39, 0.29) is 12.9 Å². The van der Waals surface area contributed by atoms with E-state index in [9.17, 15) is 0 Å². The second kappa shape index (κ2) is 12.0. The summed E-state index contributed by atoms with van der Waals surface area (Å²) in [5.74, 6) is 1.88. The minimum Gasteiger partial charge on any atom is -0.483 e. The van der Waals surface area contributed by atoms with E-state index in [0.717, 1.165) is 35.5 Å². The van der Waals surface area contributed by atoms with Gasteiger partial charge in [0.05, 0.1) is 0 Å². The van der Waals surface area contributed by atoms with Gasteiger partial charge in [-0.25, -0.2) is 0 Å². The zero-order valence-electron chi connectivity index (χ0n) is 17.2. The third-order valence-electron chi connectivity index (χ3n) is 5.95. The molecule has 2 aliphatic rings. The van der Waals surface area contributed by atoms with E-state index in [1.807, 2.05) is 0 Å². The predicted octanol–water partition coefficient (Wildman–Crippen LogP) is 3.60. The van der Waals surface area contributed by atoms with Gasteiger partial charge in [0, 0.05) is 23.7 Å². The van der Waals surface area contributed by atoms with Crippen LogP contribution in [0.15, 0.2) is 18.2 Å². The summed E-state index contributed by atoms with van der Waals surface area (Å²) in [6.07, 6.45) is 5.53. The fourth-order valence-electron chi connectivity index (χ4n) is 4.51. The SMILES string of the molecule is Cc1ccc(CN(C)C2C[C@H]3CC(N(C)C)C[C@H]3C2)c(Cl)c1.O=CO.O=CO. The first-order valence-electron chi connectivity index (χ1n) is 9.54. The van der Waals surface area contributed by atoms with Crippen molar-refractivity contribution in [2.24, 2.45) is 11.8 Å². The molecule has 2 fully saturated rings. The van der Waals surface area contributed by atoms with E-state index < -0.39 is 0 Å². The minimum atomic E-state index is -0.250. The van der Waals surface area contributed by atoms with Gasteiger partial charge in [0.15, 0.2) is 0 Å². The molecule has 0 amide bonds. The second-order valence-electron chi connectivity index (χ2n) is 7.96. The van der Waals surface area contributed by atoms with Gasteiger partial charge in [0.2, 0.25) is 0 Å². The van der Waals surface area contributed by atoms with Crippen LogP contribution in [0.25, 0.3) is 0 Å². The number of hydrogen-bond donors (Lipinski definition) is 2. The molecule has 2 N–H and O–H groups in total. The Morgan fingerprint density at radius 2 is 1.46 bits per heavy atom. The molecular formula is C21H33ClN2O4. The number of aryl methyl sites for hydroxylation is 1. The Morgan fingerprint density at radius 3 is 1.89 bits per heavy atom. The number of hydrogen-bond acceptors (Lipinski definition) is 4.